The number of halogens is 6. The van der Waals surface area contributed by atoms with E-state index in [1.54, 1.807) is 22.6 Å². The Hall–Kier alpha value is -1.42. The Kier molecular flexibility index (Phi) is 5.10. The fraction of sp³-hybridized carbons (Fsp3) is 0.250. The number of ether oxygens (including phenoxy) is 1. The molecule has 24 heavy (non-hydrogen) atoms. The molecule has 8 heteroatoms. The molecule has 1 unspecified atom stereocenters. The third kappa shape index (κ3) is 2.85. The molecular formula is C16H12F5IO2. The molecule has 0 fully saturated rings. The molecule has 0 aromatic heterocycles. The van der Waals surface area contributed by atoms with E-state index >= 15 is 0 Å². The van der Waals surface area contributed by atoms with E-state index in [9.17, 15) is 27.1 Å². The van der Waals surface area contributed by atoms with Gasteiger partial charge in [0.05, 0.1) is 7.11 Å². The Labute approximate surface area is 148 Å². The molecule has 0 heterocycles. The van der Waals surface area contributed by atoms with Crippen molar-refractivity contribution in [1.29, 1.82) is 0 Å². The zero-order valence-electron chi connectivity index (χ0n) is 12.2. The summed E-state index contributed by atoms with van der Waals surface area (Å²) >= 11 is 1.60. The maximum Gasteiger partial charge on any atom is 0.457 e. The van der Waals surface area contributed by atoms with E-state index in [1.165, 1.54) is 36.4 Å². The lowest BCUT2D eigenvalue weighted by Crippen LogP contribution is -2.56. The minimum atomic E-state index is -5.97. The van der Waals surface area contributed by atoms with Gasteiger partial charge in [0.1, 0.15) is 5.75 Å². The molecule has 1 atom stereocenters. The number of methoxy groups -OCH3 is 1. The minimum Gasteiger partial charge on any atom is -0.496 e. The zero-order chi connectivity index (χ0) is 18.2. The lowest BCUT2D eigenvalue weighted by molar-refractivity contribution is -0.336. The Morgan fingerprint density at radius 2 is 1.38 bits per heavy atom. The Bertz CT molecular complexity index is 732. The second-order valence-electron chi connectivity index (χ2n) is 4.96. The van der Waals surface area contributed by atoms with Crippen LogP contribution in [-0.2, 0) is 5.60 Å². The number of benzene rings is 2. The van der Waals surface area contributed by atoms with Crippen LogP contribution in [0.1, 0.15) is 11.1 Å². The molecular weight excluding hydrogens is 446 g/mol. The normalized spacial score (nSPS) is 15.0. The van der Waals surface area contributed by atoms with Gasteiger partial charge >= 0.3 is 12.1 Å². The van der Waals surface area contributed by atoms with Crippen LogP contribution in [0.3, 0.4) is 0 Å². The number of aliphatic hydroxyl groups is 1. The van der Waals surface area contributed by atoms with Gasteiger partial charge in [0.25, 0.3) is 0 Å². The van der Waals surface area contributed by atoms with Crippen LogP contribution in [0, 0.1) is 3.57 Å². The first-order valence-electron chi connectivity index (χ1n) is 6.62. The quantitative estimate of drug-likeness (QED) is 0.531. The lowest BCUT2D eigenvalue weighted by atomic mass is 9.80. The van der Waals surface area contributed by atoms with E-state index in [0.29, 0.717) is 0 Å². The molecule has 2 rings (SSSR count). The fourth-order valence-electron chi connectivity index (χ4n) is 2.39. The molecule has 0 saturated heterocycles. The van der Waals surface area contributed by atoms with Crippen LogP contribution in [0.4, 0.5) is 22.0 Å². The lowest BCUT2D eigenvalue weighted by Gasteiger charge is -2.38. The van der Waals surface area contributed by atoms with Crippen molar-refractivity contribution in [1.82, 2.24) is 0 Å². The molecule has 130 valence electrons. The topological polar surface area (TPSA) is 29.5 Å². The maximum atomic E-state index is 14.4. The molecule has 0 amide bonds. The van der Waals surface area contributed by atoms with Crippen molar-refractivity contribution in [2.24, 2.45) is 0 Å². The van der Waals surface area contributed by atoms with Crippen molar-refractivity contribution in [2.75, 3.05) is 7.11 Å². The van der Waals surface area contributed by atoms with Gasteiger partial charge in [-0.3, -0.25) is 0 Å². The summed E-state index contributed by atoms with van der Waals surface area (Å²) < 4.78 is 73.1. The Morgan fingerprint density at radius 1 is 0.875 bits per heavy atom. The molecule has 0 saturated carbocycles. The summed E-state index contributed by atoms with van der Waals surface area (Å²) in [6.45, 7) is 0. The molecule has 2 nitrogen and oxygen atoms in total. The standard InChI is InChI=1S/C16H12F5IO2/c1-24-13-9-5-3-7-11(13)14(23,15(17,18)16(19,20)21)10-6-2-4-8-12(10)22/h2-9,23H,1H3. The highest BCUT2D eigenvalue weighted by Gasteiger charge is 2.72. The molecule has 0 aliphatic rings. The highest BCUT2D eigenvalue weighted by Crippen LogP contribution is 2.54. The predicted molar refractivity (Wildman–Crippen MR) is 86.2 cm³/mol. The summed E-state index contributed by atoms with van der Waals surface area (Å²) in [6, 6.07) is 9.99. The Balaban J connectivity index is 2.89. The molecule has 0 bridgehead atoms. The summed E-state index contributed by atoms with van der Waals surface area (Å²) in [5.74, 6) is -5.72. The minimum absolute atomic E-state index is 0.0624. The van der Waals surface area contributed by atoms with E-state index in [-0.39, 0.29) is 9.32 Å². The number of alkyl halides is 5. The third-order valence-electron chi connectivity index (χ3n) is 3.57. The monoisotopic (exact) mass is 458 g/mol. The summed E-state index contributed by atoms with van der Waals surface area (Å²) in [6.07, 6.45) is -5.97. The second-order valence-corrected chi connectivity index (χ2v) is 6.12. The van der Waals surface area contributed by atoms with Crippen LogP contribution in [0.25, 0.3) is 0 Å². The first kappa shape index (κ1) is 18.9. The number of rotatable bonds is 4. The molecule has 2 aromatic carbocycles. The number of hydrogen-bond donors (Lipinski definition) is 1. The predicted octanol–water partition coefficient (Wildman–Crippen LogP) is 4.73. The maximum absolute atomic E-state index is 14.4. The SMILES string of the molecule is COc1ccccc1C(O)(c1ccccc1I)C(F)(F)C(F)(F)F. The van der Waals surface area contributed by atoms with E-state index in [1.807, 2.05) is 0 Å². The molecule has 0 spiro atoms. The zero-order valence-corrected chi connectivity index (χ0v) is 14.4. The highest BCUT2D eigenvalue weighted by molar-refractivity contribution is 14.1. The van der Waals surface area contributed by atoms with Crippen molar-refractivity contribution in [2.45, 2.75) is 17.7 Å². The average molecular weight is 458 g/mol. The number of hydrogen-bond acceptors (Lipinski definition) is 2. The van der Waals surface area contributed by atoms with E-state index in [0.717, 1.165) is 19.2 Å². The van der Waals surface area contributed by atoms with Crippen LogP contribution in [0.2, 0.25) is 0 Å². The van der Waals surface area contributed by atoms with E-state index < -0.39 is 28.8 Å². The number of para-hydroxylation sites is 1. The summed E-state index contributed by atoms with van der Waals surface area (Å²) in [5.41, 5.74) is -4.87. The third-order valence-corrected chi connectivity index (χ3v) is 4.51. The van der Waals surface area contributed by atoms with Gasteiger partial charge in [-0.05, 0) is 34.7 Å². The van der Waals surface area contributed by atoms with Gasteiger partial charge < -0.3 is 9.84 Å². The average Bonchev–Trinajstić information content (AvgIpc) is 2.53. The fourth-order valence-corrected chi connectivity index (χ4v) is 3.16. The van der Waals surface area contributed by atoms with Gasteiger partial charge in [-0.15, -0.1) is 0 Å². The molecule has 0 radical (unpaired) electrons. The van der Waals surface area contributed by atoms with Gasteiger partial charge in [0.15, 0.2) is 5.60 Å². The van der Waals surface area contributed by atoms with Crippen molar-refractivity contribution < 1.29 is 31.8 Å². The van der Waals surface area contributed by atoms with Crippen LogP contribution in [0.15, 0.2) is 48.5 Å². The van der Waals surface area contributed by atoms with E-state index in [4.69, 9.17) is 4.74 Å². The van der Waals surface area contributed by atoms with Gasteiger partial charge in [0.2, 0.25) is 0 Å². The van der Waals surface area contributed by atoms with Crippen LogP contribution in [-0.4, -0.2) is 24.3 Å². The second kappa shape index (κ2) is 6.47. The summed E-state index contributed by atoms with van der Waals surface area (Å²) in [7, 11) is 1.13. The van der Waals surface area contributed by atoms with Crippen LogP contribution >= 0.6 is 22.6 Å². The van der Waals surface area contributed by atoms with Crippen molar-refractivity contribution in [3.8, 4) is 5.75 Å². The van der Waals surface area contributed by atoms with Crippen LogP contribution < -0.4 is 4.74 Å². The molecule has 2 aromatic rings. The van der Waals surface area contributed by atoms with Gasteiger partial charge in [0, 0.05) is 14.7 Å². The first-order valence-corrected chi connectivity index (χ1v) is 7.70. The van der Waals surface area contributed by atoms with Crippen molar-refractivity contribution in [3.63, 3.8) is 0 Å². The van der Waals surface area contributed by atoms with Crippen LogP contribution in [0.5, 0.6) is 5.75 Å². The summed E-state index contributed by atoms with van der Waals surface area (Å²) in [5, 5.41) is 10.8. The molecule has 0 aliphatic carbocycles. The largest absolute Gasteiger partial charge is 0.496 e. The van der Waals surface area contributed by atoms with Gasteiger partial charge in [-0.1, -0.05) is 36.4 Å². The van der Waals surface area contributed by atoms with Gasteiger partial charge in [-0.2, -0.15) is 22.0 Å². The smallest absolute Gasteiger partial charge is 0.457 e. The van der Waals surface area contributed by atoms with Gasteiger partial charge in [-0.25, -0.2) is 0 Å². The highest BCUT2D eigenvalue weighted by atomic mass is 127. The molecule has 0 aliphatic heterocycles. The molecule has 1 N–H and O–H groups in total. The first-order chi connectivity index (χ1) is 11.1. The van der Waals surface area contributed by atoms with Crippen molar-refractivity contribution in [3.05, 3.63) is 63.2 Å². The summed E-state index contributed by atoms with van der Waals surface area (Å²) in [4.78, 5) is 0. The Morgan fingerprint density at radius 3 is 1.88 bits per heavy atom. The van der Waals surface area contributed by atoms with E-state index in [2.05, 4.69) is 0 Å². The van der Waals surface area contributed by atoms with Crippen molar-refractivity contribution >= 4 is 22.6 Å².